The van der Waals surface area contributed by atoms with Gasteiger partial charge in [-0.2, -0.15) is 0 Å². The minimum absolute atomic E-state index is 0.339. The van der Waals surface area contributed by atoms with Crippen molar-refractivity contribution in [2.75, 3.05) is 11.9 Å². The van der Waals surface area contributed by atoms with E-state index in [-0.39, 0.29) is 5.97 Å². The highest BCUT2D eigenvalue weighted by molar-refractivity contribution is 7.18. The monoisotopic (exact) mass is 213 g/mol. The molecule has 1 rings (SSSR count). The molecular formula is C9H11NO3S. The van der Waals surface area contributed by atoms with Crippen LogP contribution in [0, 0.1) is 6.92 Å². The van der Waals surface area contributed by atoms with Crippen molar-refractivity contribution in [3.63, 3.8) is 0 Å². The fourth-order valence-corrected chi connectivity index (χ4v) is 1.94. The number of ether oxygens (including phenoxy) is 1. The number of anilines is 1. The second kappa shape index (κ2) is 4.76. The van der Waals surface area contributed by atoms with Gasteiger partial charge in [-0.3, -0.25) is 4.79 Å². The molecule has 0 saturated carbocycles. The van der Waals surface area contributed by atoms with Crippen LogP contribution < -0.4 is 5.32 Å². The van der Waals surface area contributed by atoms with Crippen LogP contribution in [0.5, 0.6) is 0 Å². The first-order valence-corrected chi connectivity index (χ1v) is 4.98. The molecule has 1 aromatic rings. The Balaban J connectivity index is 2.86. The van der Waals surface area contributed by atoms with Gasteiger partial charge in [0.25, 0.3) is 0 Å². The Morgan fingerprint density at radius 1 is 1.71 bits per heavy atom. The highest BCUT2D eigenvalue weighted by Crippen LogP contribution is 2.26. The highest BCUT2D eigenvalue weighted by atomic mass is 32.1. The van der Waals surface area contributed by atoms with E-state index in [1.165, 1.54) is 11.3 Å². The average molecular weight is 213 g/mol. The van der Waals surface area contributed by atoms with E-state index in [4.69, 9.17) is 4.74 Å². The summed E-state index contributed by atoms with van der Waals surface area (Å²) in [5, 5.41) is 3.15. The zero-order valence-corrected chi connectivity index (χ0v) is 8.81. The standard InChI is InChI=1S/C9H11NO3S/c1-3-13-9(12)8-6(2)4-7(14-8)10-5-11/h4-5H,3H2,1-2H3,(H,10,11). The molecule has 0 atom stereocenters. The lowest BCUT2D eigenvalue weighted by molar-refractivity contribution is -0.105. The van der Waals surface area contributed by atoms with E-state index in [2.05, 4.69) is 5.32 Å². The minimum Gasteiger partial charge on any atom is -0.462 e. The smallest absolute Gasteiger partial charge is 0.348 e. The molecule has 0 aliphatic heterocycles. The van der Waals surface area contributed by atoms with Gasteiger partial charge >= 0.3 is 5.97 Å². The molecule has 1 amide bonds. The predicted molar refractivity (Wildman–Crippen MR) is 54.7 cm³/mol. The lowest BCUT2D eigenvalue weighted by Gasteiger charge is -1.98. The van der Waals surface area contributed by atoms with Crippen LogP contribution in [0.4, 0.5) is 5.00 Å². The van der Waals surface area contributed by atoms with E-state index in [9.17, 15) is 9.59 Å². The normalized spacial score (nSPS) is 9.57. The van der Waals surface area contributed by atoms with E-state index in [0.29, 0.717) is 22.9 Å². The second-order valence-corrected chi connectivity index (χ2v) is 3.66. The van der Waals surface area contributed by atoms with Crippen molar-refractivity contribution in [1.29, 1.82) is 0 Å². The number of nitrogens with one attached hydrogen (secondary N) is 1. The average Bonchev–Trinajstić information content (AvgIpc) is 2.48. The van der Waals surface area contributed by atoms with Crippen LogP contribution in [0.3, 0.4) is 0 Å². The molecule has 1 N–H and O–H groups in total. The van der Waals surface area contributed by atoms with Crippen molar-refractivity contribution in [2.24, 2.45) is 0 Å². The van der Waals surface area contributed by atoms with Crippen molar-refractivity contribution < 1.29 is 14.3 Å². The Bertz CT molecular complexity index is 346. The Labute approximate surface area is 85.9 Å². The molecule has 0 aliphatic rings. The molecule has 0 bridgehead atoms. The van der Waals surface area contributed by atoms with Gasteiger partial charge in [-0.25, -0.2) is 4.79 Å². The molecule has 0 fully saturated rings. The van der Waals surface area contributed by atoms with Gasteiger partial charge in [-0.1, -0.05) is 0 Å². The Hall–Kier alpha value is -1.36. The number of hydrogen-bond donors (Lipinski definition) is 1. The maximum Gasteiger partial charge on any atom is 0.348 e. The van der Waals surface area contributed by atoms with Crippen molar-refractivity contribution in [1.82, 2.24) is 0 Å². The summed E-state index contributed by atoms with van der Waals surface area (Å²) in [5.74, 6) is -0.339. The summed E-state index contributed by atoms with van der Waals surface area (Å²) in [6, 6.07) is 1.74. The first-order chi connectivity index (χ1) is 6.69. The lowest BCUT2D eigenvalue weighted by Crippen LogP contribution is -2.03. The van der Waals surface area contributed by atoms with Crippen molar-refractivity contribution in [2.45, 2.75) is 13.8 Å². The van der Waals surface area contributed by atoms with Gasteiger partial charge in [-0.15, -0.1) is 11.3 Å². The van der Waals surface area contributed by atoms with Crippen LogP contribution >= 0.6 is 11.3 Å². The molecule has 0 radical (unpaired) electrons. The third-order valence-corrected chi connectivity index (χ3v) is 2.73. The fraction of sp³-hybridized carbons (Fsp3) is 0.333. The van der Waals surface area contributed by atoms with Crippen LogP contribution in [0.25, 0.3) is 0 Å². The molecule has 0 aromatic carbocycles. The Morgan fingerprint density at radius 2 is 2.43 bits per heavy atom. The van der Waals surface area contributed by atoms with Crippen LogP contribution in [-0.4, -0.2) is 19.0 Å². The molecule has 76 valence electrons. The third-order valence-electron chi connectivity index (χ3n) is 1.58. The fourth-order valence-electron chi connectivity index (χ4n) is 1.01. The summed E-state index contributed by atoms with van der Waals surface area (Å²) in [7, 11) is 0. The molecule has 1 aromatic heterocycles. The number of carbonyl (C=O) groups is 2. The van der Waals surface area contributed by atoms with Crippen LogP contribution in [0.2, 0.25) is 0 Å². The molecule has 0 spiro atoms. The maximum atomic E-state index is 11.4. The number of aryl methyl sites for hydroxylation is 1. The van der Waals surface area contributed by atoms with E-state index in [1.807, 2.05) is 0 Å². The van der Waals surface area contributed by atoms with Crippen LogP contribution in [0.1, 0.15) is 22.2 Å². The van der Waals surface area contributed by atoms with Crippen molar-refractivity contribution in [3.8, 4) is 0 Å². The summed E-state index contributed by atoms with van der Waals surface area (Å²) in [6.07, 6.45) is 0.584. The SMILES string of the molecule is CCOC(=O)c1sc(NC=O)cc1C. The first-order valence-electron chi connectivity index (χ1n) is 4.16. The van der Waals surface area contributed by atoms with Gasteiger partial charge in [0.15, 0.2) is 0 Å². The Kier molecular flexibility index (Phi) is 3.64. The zero-order chi connectivity index (χ0) is 10.6. The number of hydrogen-bond acceptors (Lipinski definition) is 4. The van der Waals surface area contributed by atoms with E-state index in [0.717, 1.165) is 5.56 Å². The third kappa shape index (κ3) is 2.32. The summed E-state index contributed by atoms with van der Waals surface area (Å²) >= 11 is 1.22. The quantitative estimate of drug-likeness (QED) is 0.613. The summed E-state index contributed by atoms with van der Waals surface area (Å²) in [4.78, 5) is 22.1. The van der Waals surface area contributed by atoms with Crippen LogP contribution in [-0.2, 0) is 9.53 Å². The minimum atomic E-state index is -0.339. The molecule has 4 nitrogen and oxygen atoms in total. The summed E-state index contributed by atoms with van der Waals surface area (Å²) in [6.45, 7) is 3.91. The molecule has 1 heterocycles. The molecule has 0 aliphatic carbocycles. The number of rotatable bonds is 4. The van der Waals surface area contributed by atoms with Gasteiger partial charge in [0.05, 0.1) is 11.6 Å². The maximum absolute atomic E-state index is 11.4. The molecular weight excluding hydrogens is 202 g/mol. The van der Waals surface area contributed by atoms with Gasteiger partial charge < -0.3 is 10.1 Å². The number of amides is 1. The highest BCUT2D eigenvalue weighted by Gasteiger charge is 2.13. The van der Waals surface area contributed by atoms with Gasteiger partial charge in [0, 0.05) is 0 Å². The van der Waals surface area contributed by atoms with E-state index >= 15 is 0 Å². The van der Waals surface area contributed by atoms with Gasteiger partial charge in [0.2, 0.25) is 6.41 Å². The number of thiophene rings is 1. The predicted octanol–water partition coefficient (Wildman–Crippen LogP) is 1.80. The van der Waals surface area contributed by atoms with Gasteiger partial charge in [0.1, 0.15) is 4.88 Å². The van der Waals surface area contributed by atoms with Crippen molar-refractivity contribution >= 4 is 28.7 Å². The zero-order valence-electron chi connectivity index (χ0n) is 7.99. The number of esters is 1. The van der Waals surface area contributed by atoms with Crippen LogP contribution in [0.15, 0.2) is 6.07 Å². The topological polar surface area (TPSA) is 55.4 Å². The van der Waals surface area contributed by atoms with E-state index in [1.54, 1.807) is 19.9 Å². The lowest BCUT2D eigenvalue weighted by atomic mass is 10.3. The first kappa shape index (κ1) is 10.7. The summed E-state index contributed by atoms with van der Waals surface area (Å²) in [5.41, 5.74) is 0.817. The Morgan fingerprint density at radius 3 is 3.00 bits per heavy atom. The molecule has 14 heavy (non-hydrogen) atoms. The summed E-state index contributed by atoms with van der Waals surface area (Å²) < 4.78 is 4.86. The molecule has 0 unspecified atom stereocenters. The number of carbonyl (C=O) groups excluding carboxylic acids is 2. The molecule has 5 heteroatoms. The largest absolute Gasteiger partial charge is 0.462 e. The second-order valence-electron chi connectivity index (χ2n) is 2.61. The molecule has 0 saturated heterocycles. The van der Waals surface area contributed by atoms with E-state index < -0.39 is 0 Å². The van der Waals surface area contributed by atoms with Gasteiger partial charge in [-0.05, 0) is 25.5 Å². The van der Waals surface area contributed by atoms with Crippen molar-refractivity contribution in [3.05, 3.63) is 16.5 Å².